The van der Waals surface area contributed by atoms with Crippen LogP contribution in [-0.2, 0) is 23.9 Å². The lowest BCUT2D eigenvalue weighted by molar-refractivity contribution is -0.138. The number of carboxylic acids is 1. The molecule has 0 spiro atoms. The van der Waals surface area contributed by atoms with E-state index in [1.807, 2.05) is 26.0 Å². The number of aryl methyl sites for hydroxylation is 1. The highest BCUT2D eigenvalue weighted by atomic mass is 35.5. The van der Waals surface area contributed by atoms with Gasteiger partial charge in [0.05, 0.1) is 23.6 Å². The van der Waals surface area contributed by atoms with Crippen molar-refractivity contribution in [3.8, 4) is 5.75 Å². The van der Waals surface area contributed by atoms with E-state index >= 15 is 0 Å². The quantitative estimate of drug-likeness (QED) is 0.260. The fraction of sp³-hybridized carbons (Fsp3) is 0.357. The molecular weight excluding hydrogens is 505 g/mol. The second-order valence-electron chi connectivity index (χ2n) is 9.09. The number of alkyl halides is 3. The highest BCUT2D eigenvalue weighted by Crippen LogP contribution is 2.36. The number of ether oxygens (including phenoxy) is 1. The number of rotatable bonds is 12. The largest absolute Gasteiger partial charge is 0.494 e. The van der Waals surface area contributed by atoms with Crippen LogP contribution in [0.25, 0.3) is 0 Å². The molecule has 3 aromatic rings. The molecule has 37 heavy (non-hydrogen) atoms. The number of benzene rings is 2. The Bertz CT molecular complexity index is 1200. The number of nitrogens with zero attached hydrogens (tertiary/aromatic N) is 2. The number of hydrogen-bond donors (Lipinski definition) is 1. The first-order chi connectivity index (χ1) is 17.5. The van der Waals surface area contributed by atoms with Crippen molar-refractivity contribution in [1.29, 1.82) is 0 Å². The van der Waals surface area contributed by atoms with Crippen molar-refractivity contribution in [2.75, 3.05) is 19.7 Å². The van der Waals surface area contributed by atoms with E-state index in [1.165, 1.54) is 6.07 Å². The van der Waals surface area contributed by atoms with Crippen molar-refractivity contribution < 1.29 is 27.8 Å². The number of carbonyl (C=O) groups is 1. The molecule has 0 bridgehead atoms. The second-order valence-corrected chi connectivity index (χ2v) is 9.47. The molecule has 198 valence electrons. The first-order valence-electron chi connectivity index (χ1n) is 12.0. The molecular formula is C28H30ClF3N2O3. The van der Waals surface area contributed by atoms with Crippen LogP contribution in [0, 0.1) is 6.92 Å². The van der Waals surface area contributed by atoms with Gasteiger partial charge in [0.2, 0.25) is 0 Å². The Kier molecular flexibility index (Phi) is 9.94. The van der Waals surface area contributed by atoms with Gasteiger partial charge < -0.3 is 9.84 Å². The summed E-state index contributed by atoms with van der Waals surface area (Å²) in [6.45, 7) is 5.75. The molecule has 0 amide bonds. The molecule has 0 aliphatic rings. The molecule has 3 rings (SSSR count). The van der Waals surface area contributed by atoms with Gasteiger partial charge >= 0.3 is 12.1 Å². The average molecular weight is 535 g/mol. The Morgan fingerprint density at radius 2 is 1.92 bits per heavy atom. The number of hydrogen-bond acceptors (Lipinski definition) is 4. The van der Waals surface area contributed by atoms with Crippen molar-refractivity contribution in [3.05, 3.63) is 93.8 Å². The van der Waals surface area contributed by atoms with Crippen LogP contribution in [0.5, 0.6) is 5.75 Å². The van der Waals surface area contributed by atoms with Crippen LogP contribution in [-0.4, -0.2) is 40.7 Å². The van der Waals surface area contributed by atoms with Gasteiger partial charge in [-0.3, -0.25) is 14.7 Å². The predicted molar refractivity (Wildman–Crippen MR) is 137 cm³/mol. The van der Waals surface area contributed by atoms with Crippen molar-refractivity contribution in [3.63, 3.8) is 0 Å². The minimum absolute atomic E-state index is 0.0399. The highest BCUT2D eigenvalue weighted by molar-refractivity contribution is 6.32. The molecule has 1 heterocycles. The summed E-state index contributed by atoms with van der Waals surface area (Å²) >= 11 is 6.18. The molecule has 1 aromatic heterocycles. The van der Waals surface area contributed by atoms with E-state index in [-0.39, 0.29) is 23.9 Å². The van der Waals surface area contributed by atoms with Gasteiger partial charge in [0.25, 0.3) is 0 Å². The molecule has 0 aliphatic carbocycles. The Balaban J connectivity index is 1.70. The van der Waals surface area contributed by atoms with Crippen LogP contribution in [0.1, 0.15) is 47.2 Å². The summed E-state index contributed by atoms with van der Waals surface area (Å²) in [5, 5.41) is 8.70. The molecule has 5 nitrogen and oxygen atoms in total. The molecule has 0 radical (unpaired) electrons. The predicted octanol–water partition coefficient (Wildman–Crippen LogP) is 6.76. The minimum atomic E-state index is -4.53. The van der Waals surface area contributed by atoms with Crippen molar-refractivity contribution in [2.24, 2.45) is 0 Å². The van der Waals surface area contributed by atoms with Gasteiger partial charge in [-0.2, -0.15) is 13.2 Å². The normalized spacial score (nSPS) is 12.5. The molecule has 0 unspecified atom stereocenters. The zero-order valence-electron chi connectivity index (χ0n) is 20.8. The Hall–Kier alpha value is -3.10. The maximum atomic E-state index is 13.4. The van der Waals surface area contributed by atoms with Gasteiger partial charge in [0, 0.05) is 37.4 Å². The summed E-state index contributed by atoms with van der Waals surface area (Å²) in [6, 6.07) is 14.8. The van der Waals surface area contributed by atoms with Crippen LogP contribution in [0.2, 0.25) is 5.02 Å². The monoisotopic (exact) mass is 534 g/mol. The Labute approximate surface area is 219 Å². The summed E-state index contributed by atoms with van der Waals surface area (Å²) in [4.78, 5) is 17.5. The van der Waals surface area contributed by atoms with E-state index in [9.17, 15) is 18.0 Å². The zero-order valence-corrected chi connectivity index (χ0v) is 21.5. The average Bonchev–Trinajstić information content (AvgIpc) is 2.82. The van der Waals surface area contributed by atoms with E-state index in [0.29, 0.717) is 43.0 Å². The number of aromatic nitrogens is 1. The van der Waals surface area contributed by atoms with Crippen LogP contribution in [0.15, 0.2) is 60.8 Å². The Morgan fingerprint density at radius 1 is 1.16 bits per heavy atom. The standard InChI is InChI=1S/C28H30ClF3N2O3/c1-19-10-11-33-25(14-19)20(2)17-34(18-22-7-4-9-24(27(22)29)28(30,31)32)12-5-13-37-23-8-3-6-21(15-23)16-26(35)36/h3-4,6-11,14-15,20H,5,12-13,16-18H2,1-2H3,(H,35,36)/t20-/m0/s1. The fourth-order valence-electron chi connectivity index (χ4n) is 4.10. The van der Waals surface area contributed by atoms with Crippen LogP contribution >= 0.6 is 11.6 Å². The van der Waals surface area contributed by atoms with Gasteiger partial charge in [-0.05, 0) is 60.4 Å². The Morgan fingerprint density at radius 3 is 2.62 bits per heavy atom. The minimum Gasteiger partial charge on any atom is -0.494 e. The van der Waals surface area contributed by atoms with E-state index in [4.69, 9.17) is 21.4 Å². The van der Waals surface area contributed by atoms with Crippen LogP contribution in [0.3, 0.4) is 0 Å². The molecule has 2 aromatic carbocycles. The molecule has 0 fully saturated rings. The molecule has 0 aliphatic heterocycles. The van der Waals surface area contributed by atoms with E-state index < -0.39 is 17.7 Å². The molecule has 1 N–H and O–H groups in total. The van der Waals surface area contributed by atoms with E-state index in [1.54, 1.807) is 36.5 Å². The number of pyridine rings is 1. The topological polar surface area (TPSA) is 62.7 Å². The third-order valence-corrected chi connectivity index (χ3v) is 6.34. The van der Waals surface area contributed by atoms with E-state index in [0.717, 1.165) is 17.3 Å². The third kappa shape index (κ3) is 8.76. The summed E-state index contributed by atoms with van der Waals surface area (Å²) in [7, 11) is 0. The lowest BCUT2D eigenvalue weighted by Gasteiger charge is -2.27. The third-order valence-electron chi connectivity index (χ3n) is 5.89. The van der Waals surface area contributed by atoms with Crippen molar-refractivity contribution >= 4 is 17.6 Å². The maximum absolute atomic E-state index is 13.4. The highest BCUT2D eigenvalue weighted by Gasteiger charge is 2.34. The van der Waals surface area contributed by atoms with Gasteiger partial charge in [-0.1, -0.05) is 42.8 Å². The lowest BCUT2D eigenvalue weighted by Crippen LogP contribution is -2.30. The van der Waals surface area contributed by atoms with Crippen molar-refractivity contribution in [1.82, 2.24) is 9.88 Å². The van der Waals surface area contributed by atoms with Gasteiger partial charge in [-0.25, -0.2) is 0 Å². The molecule has 0 saturated heterocycles. The van der Waals surface area contributed by atoms with Gasteiger partial charge in [-0.15, -0.1) is 0 Å². The van der Waals surface area contributed by atoms with E-state index in [2.05, 4.69) is 9.88 Å². The summed E-state index contributed by atoms with van der Waals surface area (Å²) < 4.78 is 46.0. The summed E-state index contributed by atoms with van der Waals surface area (Å²) in [5.41, 5.74) is 2.20. The number of carboxylic acid groups (broad SMARTS) is 1. The smallest absolute Gasteiger partial charge is 0.417 e. The van der Waals surface area contributed by atoms with Gasteiger partial charge in [0.15, 0.2) is 0 Å². The molecule has 0 saturated carbocycles. The SMILES string of the molecule is Cc1ccnc([C@@H](C)CN(CCCOc2cccc(CC(=O)O)c2)Cc2cccc(C(F)(F)F)c2Cl)c1. The van der Waals surface area contributed by atoms with Crippen LogP contribution < -0.4 is 4.74 Å². The zero-order chi connectivity index (χ0) is 27.0. The molecule has 9 heteroatoms. The molecule has 1 atom stereocenters. The first-order valence-corrected chi connectivity index (χ1v) is 12.3. The summed E-state index contributed by atoms with van der Waals surface area (Å²) in [5.74, 6) is -0.306. The van der Waals surface area contributed by atoms with Gasteiger partial charge in [0.1, 0.15) is 5.75 Å². The summed E-state index contributed by atoms with van der Waals surface area (Å²) in [6.07, 6.45) is -2.26. The second kappa shape index (κ2) is 12.9. The van der Waals surface area contributed by atoms with Crippen molar-refractivity contribution in [2.45, 2.75) is 45.3 Å². The lowest BCUT2D eigenvalue weighted by atomic mass is 10.0. The fourth-order valence-corrected chi connectivity index (χ4v) is 4.40. The maximum Gasteiger partial charge on any atom is 0.417 e. The number of halogens is 4. The first kappa shape index (κ1) is 28.5. The number of aliphatic carboxylic acids is 1. The van der Waals surface area contributed by atoms with Crippen LogP contribution in [0.4, 0.5) is 13.2 Å².